The lowest BCUT2D eigenvalue weighted by molar-refractivity contribution is -0.132. The summed E-state index contributed by atoms with van der Waals surface area (Å²) >= 11 is 1.15. The molecule has 3 rings (SSSR count). The monoisotopic (exact) mass is 387 g/mol. The Morgan fingerprint density at radius 3 is 2.52 bits per heavy atom. The lowest BCUT2D eigenvalue weighted by Crippen LogP contribution is -2.25. The Morgan fingerprint density at radius 1 is 1.11 bits per heavy atom. The molecule has 0 saturated heterocycles. The summed E-state index contributed by atoms with van der Waals surface area (Å²) in [6, 6.07) is 13.4. The molecule has 3 aromatic rings. The molecule has 27 heavy (non-hydrogen) atoms. The summed E-state index contributed by atoms with van der Waals surface area (Å²) in [5, 5.41) is 0.425. The number of halogens is 1. The molecule has 0 aliphatic carbocycles. The van der Waals surface area contributed by atoms with E-state index in [1.165, 1.54) is 12.1 Å². The summed E-state index contributed by atoms with van der Waals surface area (Å²) in [7, 11) is 0. The second kappa shape index (κ2) is 9.20. The van der Waals surface area contributed by atoms with Crippen LogP contribution in [0.2, 0.25) is 0 Å². The van der Waals surface area contributed by atoms with Gasteiger partial charge < -0.3 is 4.74 Å². The van der Waals surface area contributed by atoms with Gasteiger partial charge in [0.25, 0.3) is 5.19 Å². The van der Waals surface area contributed by atoms with Crippen molar-refractivity contribution >= 4 is 17.4 Å². The third-order valence-electron chi connectivity index (χ3n) is 3.55. The minimum atomic E-state index is -0.271. The number of aromatic nitrogens is 2. The molecule has 0 radical (unpaired) electrons. The van der Waals surface area contributed by atoms with Crippen molar-refractivity contribution in [2.75, 3.05) is 6.61 Å². The van der Waals surface area contributed by atoms with Crippen LogP contribution < -0.4 is 10.2 Å². The van der Waals surface area contributed by atoms with Gasteiger partial charge in [-0.2, -0.15) is 9.36 Å². The van der Waals surface area contributed by atoms with Crippen LogP contribution in [0.25, 0.3) is 0 Å². The lowest BCUT2D eigenvalue weighted by atomic mass is 10.1. The van der Waals surface area contributed by atoms with Crippen LogP contribution in [0.1, 0.15) is 23.9 Å². The number of rotatable bonds is 8. The Hall–Kier alpha value is -2.84. The van der Waals surface area contributed by atoms with Gasteiger partial charge in [0.05, 0.1) is 13.0 Å². The summed E-state index contributed by atoms with van der Waals surface area (Å²) < 4.78 is 22.9. The molecular formula is C19H18FN3O3S. The largest absolute Gasteiger partial charge is 0.430 e. The first-order valence-corrected chi connectivity index (χ1v) is 9.14. The van der Waals surface area contributed by atoms with Gasteiger partial charge in [0.15, 0.2) is 5.82 Å². The van der Waals surface area contributed by atoms with Gasteiger partial charge >= 0.3 is 0 Å². The fourth-order valence-electron chi connectivity index (χ4n) is 2.29. The summed E-state index contributed by atoms with van der Waals surface area (Å²) in [4.78, 5) is 20.8. The molecule has 0 unspecified atom stereocenters. The average Bonchev–Trinajstić information content (AvgIpc) is 3.10. The van der Waals surface area contributed by atoms with E-state index in [1.807, 2.05) is 0 Å². The highest BCUT2D eigenvalue weighted by Crippen LogP contribution is 2.24. The number of nitrogens with one attached hydrogen (secondary N) is 1. The van der Waals surface area contributed by atoms with Crippen molar-refractivity contribution in [2.45, 2.75) is 19.8 Å². The van der Waals surface area contributed by atoms with E-state index in [-0.39, 0.29) is 18.1 Å². The second-order valence-corrected chi connectivity index (χ2v) is 6.38. The normalized spacial score (nSPS) is 10.6. The van der Waals surface area contributed by atoms with Gasteiger partial charge in [-0.1, -0.05) is 24.3 Å². The van der Waals surface area contributed by atoms with Gasteiger partial charge in [-0.25, -0.2) is 9.87 Å². The molecule has 0 aliphatic heterocycles. The highest BCUT2D eigenvalue weighted by molar-refractivity contribution is 7.07. The molecule has 1 amide bonds. The first-order valence-electron chi connectivity index (χ1n) is 8.37. The third kappa shape index (κ3) is 5.83. The van der Waals surface area contributed by atoms with Gasteiger partial charge in [0.2, 0.25) is 5.91 Å². The molecule has 0 saturated carbocycles. The molecule has 1 aromatic heterocycles. The molecule has 0 atom stereocenters. The molecule has 1 N–H and O–H groups in total. The highest BCUT2D eigenvalue weighted by Gasteiger charge is 2.08. The van der Waals surface area contributed by atoms with E-state index >= 15 is 0 Å². The van der Waals surface area contributed by atoms with Crippen molar-refractivity contribution in [1.82, 2.24) is 14.8 Å². The Morgan fingerprint density at radius 2 is 1.81 bits per heavy atom. The van der Waals surface area contributed by atoms with Crippen LogP contribution in [0.15, 0.2) is 48.5 Å². The van der Waals surface area contributed by atoms with Crippen LogP contribution in [0.5, 0.6) is 10.9 Å². The maximum absolute atomic E-state index is 12.9. The predicted molar refractivity (Wildman–Crippen MR) is 99.1 cm³/mol. The van der Waals surface area contributed by atoms with Crippen LogP contribution in [-0.2, 0) is 22.5 Å². The van der Waals surface area contributed by atoms with Crippen molar-refractivity contribution in [3.8, 4) is 10.9 Å². The number of carbonyl (C=O) groups excluding carboxylic acids is 1. The molecule has 140 valence electrons. The zero-order valence-corrected chi connectivity index (χ0v) is 15.5. The minimum absolute atomic E-state index is 0.208. The van der Waals surface area contributed by atoms with E-state index in [4.69, 9.17) is 9.57 Å². The average molecular weight is 387 g/mol. The highest BCUT2D eigenvalue weighted by atomic mass is 32.1. The molecule has 0 bridgehead atoms. The van der Waals surface area contributed by atoms with Crippen LogP contribution in [0, 0.1) is 5.82 Å². The molecule has 6 nitrogen and oxygen atoms in total. The molecule has 8 heteroatoms. The zero-order valence-electron chi connectivity index (χ0n) is 14.6. The van der Waals surface area contributed by atoms with Crippen LogP contribution in [0.3, 0.4) is 0 Å². The van der Waals surface area contributed by atoms with Crippen LogP contribution in [-0.4, -0.2) is 21.9 Å². The fourth-order valence-corrected chi connectivity index (χ4v) is 2.85. The topological polar surface area (TPSA) is 73.3 Å². The molecule has 0 fully saturated rings. The summed E-state index contributed by atoms with van der Waals surface area (Å²) in [5.41, 5.74) is 4.12. The third-order valence-corrected chi connectivity index (χ3v) is 4.18. The number of hydrogen-bond acceptors (Lipinski definition) is 6. The Balaban J connectivity index is 1.55. The zero-order chi connectivity index (χ0) is 19.1. The van der Waals surface area contributed by atoms with Gasteiger partial charge in [0, 0.05) is 18.0 Å². The maximum atomic E-state index is 12.9. The number of ether oxygens (including phenoxy) is 1. The molecule has 0 spiro atoms. The standard InChI is InChI=1S/C19H18FN3O3S/c1-2-25-22-18(24)12-14-5-9-16(10-6-14)26-19-21-17(23-27-19)11-13-3-7-15(20)8-4-13/h3-10H,2,11-12H2,1H3,(H,22,24). The molecular weight excluding hydrogens is 369 g/mol. The maximum Gasteiger partial charge on any atom is 0.298 e. The van der Waals surface area contributed by atoms with E-state index in [0.717, 1.165) is 22.7 Å². The van der Waals surface area contributed by atoms with Crippen molar-refractivity contribution in [3.63, 3.8) is 0 Å². The Kier molecular flexibility index (Phi) is 6.45. The van der Waals surface area contributed by atoms with Gasteiger partial charge in [0.1, 0.15) is 11.6 Å². The van der Waals surface area contributed by atoms with Gasteiger partial charge in [-0.05, 0) is 42.3 Å². The quantitative estimate of drug-likeness (QED) is 0.597. The predicted octanol–water partition coefficient (Wildman–Crippen LogP) is 3.67. The number of nitrogens with zero attached hydrogens (tertiary/aromatic N) is 2. The van der Waals surface area contributed by atoms with E-state index < -0.39 is 0 Å². The lowest BCUT2D eigenvalue weighted by Gasteiger charge is -2.05. The first kappa shape index (κ1) is 18.9. The fraction of sp³-hybridized carbons (Fsp3) is 0.211. The van der Waals surface area contributed by atoms with E-state index in [9.17, 15) is 9.18 Å². The number of carbonyl (C=O) groups is 1. The van der Waals surface area contributed by atoms with E-state index in [0.29, 0.717) is 29.8 Å². The summed E-state index contributed by atoms with van der Waals surface area (Å²) in [6.07, 6.45) is 0.731. The van der Waals surface area contributed by atoms with Crippen molar-refractivity contribution in [1.29, 1.82) is 0 Å². The number of hydrogen-bond donors (Lipinski definition) is 1. The Labute approximate surface area is 160 Å². The summed E-state index contributed by atoms with van der Waals surface area (Å²) in [6.45, 7) is 2.22. The van der Waals surface area contributed by atoms with Gasteiger partial charge in [-0.3, -0.25) is 9.63 Å². The van der Waals surface area contributed by atoms with Crippen LogP contribution >= 0.6 is 11.5 Å². The number of amides is 1. The Bertz CT molecular complexity index is 882. The first-order chi connectivity index (χ1) is 13.1. The molecule has 1 heterocycles. The smallest absolute Gasteiger partial charge is 0.298 e. The van der Waals surface area contributed by atoms with Crippen molar-refractivity contribution in [2.24, 2.45) is 0 Å². The van der Waals surface area contributed by atoms with Gasteiger partial charge in [-0.15, -0.1) is 0 Å². The molecule has 0 aliphatic rings. The number of benzene rings is 2. The number of hydroxylamine groups is 1. The second-order valence-electron chi connectivity index (χ2n) is 5.66. The van der Waals surface area contributed by atoms with E-state index in [2.05, 4.69) is 14.8 Å². The van der Waals surface area contributed by atoms with Crippen molar-refractivity contribution in [3.05, 3.63) is 71.3 Å². The molecule has 2 aromatic carbocycles. The summed E-state index contributed by atoms with van der Waals surface area (Å²) in [5.74, 6) is 0.743. The van der Waals surface area contributed by atoms with Crippen molar-refractivity contribution < 1.29 is 18.8 Å². The van der Waals surface area contributed by atoms with Crippen LogP contribution in [0.4, 0.5) is 4.39 Å². The minimum Gasteiger partial charge on any atom is -0.430 e. The SMILES string of the molecule is CCONC(=O)Cc1ccc(Oc2nc(Cc3ccc(F)cc3)ns2)cc1. The van der Waals surface area contributed by atoms with E-state index in [1.54, 1.807) is 43.3 Å².